The highest BCUT2D eigenvalue weighted by molar-refractivity contribution is 5.68. The summed E-state index contributed by atoms with van der Waals surface area (Å²) in [7, 11) is 0. The number of ether oxygens (including phenoxy) is 1. The van der Waals surface area contributed by atoms with E-state index in [1.165, 1.54) is 11.3 Å². The number of nitrogens with one attached hydrogen (secondary N) is 2. The highest BCUT2D eigenvalue weighted by Crippen LogP contribution is 2.28. The summed E-state index contributed by atoms with van der Waals surface area (Å²) in [6, 6.07) is 0. The Morgan fingerprint density at radius 1 is 1.40 bits per heavy atom. The van der Waals surface area contributed by atoms with E-state index < -0.39 is 5.60 Å². The minimum absolute atomic E-state index is 0.234. The van der Waals surface area contributed by atoms with Gasteiger partial charge in [-0.05, 0) is 20.8 Å². The van der Waals surface area contributed by atoms with Crippen LogP contribution in [0.15, 0.2) is 0 Å². The van der Waals surface area contributed by atoms with Gasteiger partial charge in [0.2, 0.25) is 0 Å². The number of amides is 1. The first-order valence-electron chi connectivity index (χ1n) is 7.19. The second-order valence-electron chi connectivity index (χ2n) is 6.57. The summed E-state index contributed by atoms with van der Waals surface area (Å²) >= 11 is 0. The largest absolute Gasteiger partial charge is 0.444 e. The number of carbonyl (C=O) groups is 1. The van der Waals surface area contributed by atoms with Crippen LogP contribution in [0, 0.1) is 0 Å². The molecule has 3 heterocycles. The molecule has 2 aliphatic heterocycles. The second kappa shape index (κ2) is 4.77. The highest BCUT2D eigenvalue weighted by Gasteiger charge is 2.32. The lowest BCUT2D eigenvalue weighted by molar-refractivity contribution is 0.0223. The maximum absolute atomic E-state index is 12.2. The van der Waals surface area contributed by atoms with Crippen molar-refractivity contribution >= 4 is 6.09 Å². The Morgan fingerprint density at radius 3 is 2.75 bits per heavy atom. The molecule has 1 fully saturated rings. The Balaban J connectivity index is 1.74. The minimum atomic E-state index is -0.450. The molecule has 0 aliphatic carbocycles. The quantitative estimate of drug-likeness (QED) is 0.814. The zero-order valence-corrected chi connectivity index (χ0v) is 12.3. The number of H-pyrrole nitrogens is 1. The summed E-state index contributed by atoms with van der Waals surface area (Å²) in [4.78, 5) is 13.9. The Hall–Kier alpha value is -1.56. The van der Waals surface area contributed by atoms with Crippen LogP contribution in [0.5, 0.6) is 0 Å². The number of nitrogens with zero attached hydrogens (tertiary/aromatic N) is 2. The number of aromatic amines is 1. The molecule has 2 N–H and O–H groups in total. The van der Waals surface area contributed by atoms with Gasteiger partial charge in [-0.3, -0.25) is 5.10 Å². The molecule has 0 atom stereocenters. The third-order valence-corrected chi connectivity index (χ3v) is 3.79. The van der Waals surface area contributed by atoms with E-state index in [1.54, 1.807) is 4.90 Å². The van der Waals surface area contributed by atoms with Crippen LogP contribution >= 0.6 is 0 Å². The van der Waals surface area contributed by atoms with Crippen molar-refractivity contribution in [2.75, 3.05) is 19.6 Å². The lowest BCUT2D eigenvalue weighted by Gasteiger charge is -2.32. The molecule has 0 radical (unpaired) electrons. The molecule has 0 aromatic carbocycles. The molecule has 20 heavy (non-hydrogen) atoms. The lowest BCUT2D eigenvalue weighted by atomic mass is 9.93. The number of aromatic nitrogens is 2. The van der Waals surface area contributed by atoms with Gasteiger partial charge in [0, 0.05) is 43.2 Å². The first kappa shape index (κ1) is 13.4. The van der Waals surface area contributed by atoms with Gasteiger partial charge in [0.05, 0.1) is 12.2 Å². The van der Waals surface area contributed by atoms with Gasteiger partial charge in [-0.15, -0.1) is 0 Å². The molecule has 0 spiro atoms. The van der Waals surface area contributed by atoms with Crippen molar-refractivity contribution in [3.63, 3.8) is 0 Å². The molecule has 110 valence electrons. The third kappa shape index (κ3) is 2.52. The smallest absolute Gasteiger partial charge is 0.410 e. The number of carbonyl (C=O) groups excluding carboxylic acids is 1. The first-order valence-corrected chi connectivity index (χ1v) is 7.19. The first-order chi connectivity index (χ1) is 9.44. The van der Waals surface area contributed by atoms with Gasteiger partial charge >= 0.3 is 6.09 Å². The van der Waals surface area contributed by atoms with Gasteiger partial charge in [0.15, 0.2) is 0 Å². The topological polar surface area (TPSA) is 70.2 Å². The van der Waals surface area contributed by atoms with Crippen LogP contribution in [0.4, 0.5) is 4.79 Å². The normalized spacial score (nSPS) is 19.4. The van der Waals surface area contributed by atoms with Gasteiger partial charge in [0.1, 0.15) is 5.60 Å². The number of hydrogen-bond acceptors (Lipinski definition) is 4. The van der Waals surface area contributed by atoms with Crippen molar-refractivity contribution in [1.82, 2.24) is 20.4 Å². The number of rotatable bonds is 1. The SMILES string of the molecule is CC(C)(C)OC(=O)N1CCc2[nH]nc(C3CNC3)c2C1. The van der Waals surface area contributed by atoms with Gasteiger partial charge in [-0.25, -0.2) is 4.79 Å². The molecule has 1 aromatic rings. The van der Waals surface area contributed by atoms with E-state index in [2.05, 4.69) is 15.5 Å². The summed E-state index contributed by atoms with van der Waals surface area (Å²) < 4.78 is 5.45. The highest BCUT2D eigenvalue weighted by atomic mass is 16.6. The molecule has 1 aromatic heterocycles. The fourth-order valence-corrected chi connectivity index (χ4v) is 2.62. The predicted molar refractivity (Wildman–Crippen MR) is 74.5 cm³/mol. The van der Waals surface area contributed by atoms with Crippen molar-refractivity contribution in [2.45, 2.75) is 45.3 Å². The van der Waals surface area contributed by atoms with Crippen molar-refractivity contribution in [1.29, 1.82) is 0 Å². The van der Waals surface area contributed by atoms with Crippen molar-refractivity contribution in [3.05, 3.63) is 17.0 Å². The second-order valence-corrected chi connectivity index (χ2v) is 6.57. The molecule has 0 bridgehead atoms. The maximum Gasteiger partial charge on any atom is 0.410 e. The van der Waals surface area contributed by atoms with Gasteiger partial charge in [-0.2, -0.15) is 5.10 Å². The van der Waals surface area contributed by atoms with Gasteiger partial charge < -0.3 is 15.0 Å². The zero-order chi connectivity index (χ0) is 14.3. The molecule has 1 amide bonds. The summed E-state index contributed by atoms with van der Waals surface area (Å²) in [5, 5.41) is 10.8. The monoisotopic (exact) mass is 278 g/mol. The van der Waals surface area contributed by atoms with Crippen LogP contribution in [0.25, 0.3) is 0 Å². The fraction of sp³-hybridized carbons (Fsp3) is 0.714. The standard InChI is InChI=1S/C14H22N4O2/c1-14(2,3)20-13(19)18-5-4-11-10(8-18)12(17-16-11)9-6-15-7-9/h9,15H,4-8H2,1-3H3,(H,16,17). The van der Waals surface area contributed by atoms with Crippen LogP contribution in [0.2, 0.25) is 0 Å². The minimum Gasteiger partial charge on any atom is -0.444 e. The predicted octanol–water partition coefficient (Wildman–Crippen LogP) is 1.39. The van der Waals surface area contributed by atoms with Crippen molar-refractivity contribution < 1.29 is 9.53 Å². The van der Waals surface area contributed by atoms with Crippen molar-refractivity contribution in [2.24, 2.45) is 0 Å². The lowest BCUT2D eigenvalue weighted by Crippen LogP contribution is -2.42. The molecule has 1 saturated heterocycles. The fourth-order valence-electron chi connectivity index (χ4n) is 2.62. The van der Waals surface area contributed by atoms with E-state index in [-0.39, 0.29) is 6.09 Å². The van der Waals surface area contributed by atoms with E-state index in [4.69, 9.17) is 4.74 Å². The molecular formula is C14H22N4O2. The van der Waals surface area contributed by atoms with E-state index in [0.717, 1.165) is 25.2 Å². The van der Waals surface area contributed by atoms with Crippen LogP contribution in [-0.4, -0.2) is 46.4 Å². The van der Waals surface area contributed by atoms with Crippen LogP contribution in [0.1, 0.15) is 43.6 Å². The van der Waals surface area contributed by atoms with Crippen molar-refractivity contribution in [3.8, 4) is 0 Å². The number of fused-ring (bicyclic) bond motifs is 1. The average Bonchev–Trinajstić information content (AvgIpc) is 2.68. The molecule has 6 nitrogen and oxygen atoms in total. The summed E-state index contributed by atoms with van der Waals surface area (Å²) in [6.07, 6.45) is 0.587. The third-order valence-electron chi connectivity index (χ3n) is 3.79. The molecule has 2 aliphatic rings. The molecule has 0 unspecified atom stereocenters. The Labute approximate surface area is 118 Å². The van der Waals surface area contributed by atoms with Crippen LogP contribution < -0.4 is 5.32 Å². The molecule has 3 rings (SSSR count). The van der Waals surface area contributed by atoms with E-state index in [0.29, 0.717) is 19.0 Å². The molecular weight excluding hydrogens is 256 g/mol. The summed E-state index contributed by atoms with van der Waals surface area (Å²) in [5.74, 6) is 0.480. The average molecular weight is 278 g/mol. The summed E-state index contributed by atoms with van der Waals surface area (Å²) in [5.41, 5.74) is 3.03. The van der Waals surface area contributed by atoms with E-state index in [9.17, 15) is 4.79 Å². The maximum atomic E-state index is 12.2. The van der Waals surface area contributed by atoms with E-state index >= 15 is 0 Å². The van der Waals surface area contributed by atoms with Crippen LogP contribution in [-0.2, 0) is 17.7 Å². The van der Waals surface area contributed by atoms with Gasteiger partial charge in [0.25, 0.3) is 0 Å². The Bertz CT molecular complexity index is 514. The van der Waals surface area contributed by atoms with Crippen LogP contribution in [0.3, 0.4) is 0 Å². The Kier molecular flexibility index (Phi) is 3.20. The molecule has 0 saturated carbocycles. The Morgan fingerprint density at radius 2 is 2.15 bits per heavy atom. The zero-order valence-electron chi connectivity index (χ0n) is 12.3. The van der Waals surface area contributed by atoms with E-state index in [1.807, 2.05) is 20.8 Å². The van der Waals surface area contributed by atoms with Gasteiger partial charge in [-0.1, -0.05) is 0 Å². The summed E-state index contributed by atoms with van der Waals surface area (Å²) in [6.45, 7) is 8.92. The number of hydrogen-bond donors (Lipinski definition) is 2. The molecule has 6 heteroatoms.